The highest BCUT2D eigenvalue weighted by atomic mass is 35.5. The molecule has 8 nitrogen and oxygen atoms in total. The highest BCUT2D eigenvalue weighted by molar-refractivity contribution is 8.02. The summed E-state index contributed by atoms with van der Waals surface area (Å²) in [5.41, 5.74) is -7.94. The van der Waals surface area contributed by atoms with Gasteiger partial charge in [0.2, 0.25) is 0 Å². The minimum atomic E-state index is -2.45. The van der Waals surface area contributed by atoms with E-state index < -0.39 is 168 Å². The lowest BCUT2D eigenvalue weighted by atomic mass is 9.83. The molecule has 0 spiro atoms. The lowest BCUT2D eigenvalue weighted by Crippen LogP contribution is -2.23. The fourth-order valence-corrected chi connectivity index (χ4v) is 7.57. The predicted molar refractivity (Wildman–Crippen MR) is 148 cm³/mol. The van der Waals surface area contributed by atoms with Gasteiger partial charge in [0.25, 0.3) is 0 Å². The minimum absolute atomic E-state index is 0.493. The first-order valence-electron chi connectivity index (χ1n) is 12.1. The van der Waals surface area contributed by atoms with Crippen LogP contribution >= 0.6 is 46.7 Å². The second-order valence-electron chi connectivity index (χ2n) is 9.28. The van der Waals surface area contributed by atoms with Crippen molar-refractivity contribution in [3.8, 4) is 11.5 Å². The van der Waals surface area contributed by atoms with Crippen LogP contribution in [0.2, 0.25) is 10.0 Å². The number of phenolic OH excluding ortho intramolecular Hbond substituents is 2. The molecule has 248 valence electrons. The number of hydrogen-bond donors (Lipinski definition) is 4. The summed E-state index contributed by atoms with van der Waals surface area (Å²) in [6.07, 6.45) is 0. The van der Waals surface area contributed by atoms with Gasteiger partial charge < -0.3 is 20.4 Å². The number of carboxylic acid groups (broad SMARTS) is 2. The Morgan fingerprint density at radius 2 is 0.771 bits per heavy atom. The number of aromatic carboxylic acids is 2. The lowest BCUT2D eigenvalue weighted by Gasteiger charge is -2.25. The molecule has 0 saturated carbocycles. The molecule has 0 bridgehead atoms. The lowest BCUT2D eigenvalue weighted by molar-refractivity contribution is 0.0671. The maximum absolute atomic E-state index is 15.1. The Bertz CT molecular complexity index is 2020. The second kappa shape index (κ2) is 12.2. The number of aromatic hydroxyl groups is 2. The maximum atomic E-state index is 15.1. The Morgan fingerprint density at radius 1 is 0.500 bits per heavy atom. The molecule has 1 aliphatic rings. The molecule has 4 aromatic rings. The molecular formula is C28H6Cl2F8O8S2. The Kier molecular flexibility index (Phi) is 8.83. The van der Waals surface area contributed by atoms with E-state index in [2.05, 4.69) is 0 Å². The van der Waals surface area contributed by atoms with Crippen molar-refractivity contribution in [1.82, 2.24) is 0 Å². The zero-order valence-corrected chi connectivity index (χ0v) is 25.3. The van der Waals surface area contributed by atoms with Crippen molar-refractivity contribution in [3.63, 3.8) is 0 Å². The Labute approximate surface area is 277 Å². The van der Waals surface area contributed by atoms with Crippen molar-refractivity contribution in [2.45, 2.75) is 19.6 Å². The van der Waals surface area contributed by atoms with Crippen LogP contribution in [-0.4, -0.2) is 43.9 Å². The number of fused-ring (bicyclic) bond motifs is 2. The van der Waals surface area contributed by atoms with E-state index in [4.69, 9.17) is 33.4 Å². The molecule has 1 aliphatic carbocycles. The van der Waals surface area contributed by atoms with Crippen molar-refractivity contribution in [2.24, 2.45) is 0 Å². The summed E-state index contributed by atoms with van der Waals surface area (Å²) in [4.78, 5) is 43.8. The van der Waals surface area contributed by atoms with E-state index in [1.54, 1.807) is 0 Å². The number of benzene rings is 4. The smallest absolute Gasteiger partial charge is 0.341 e. The molecule has 0 fully saturated rings. The monoisotopic (exact) mass is 756 g/mol. The summed E-state index contributed by atoms with van der Waals surface area (Å²) in [7, 11) is 0. The molecule has 48 heavy (non-hydrogen) atoms. The second-order valence-corrected chi connectivity index (χ2v) is 12.1. The number of hydrogen-bond acceptors (Lipinski definition) is 8. The van der Waals surface area contributed by atoms with Crippen LogP contribution in [0.5, 0.6) is 11.5 Å². The van der Waals surface area contributed by atoms with Gasteiger partial charge >= 0.3 is 11.9 Å². The Hall–Kier alpha value is -4.52. The summed E-state index contributed by atoms with van der Waals surface area (Å²) in [6, 6.07) is 1.55. The summed E-state index contributed by atoms with van der Waals surface area (Å²) in [5.74, 6) is -28.9. The van der Waals surface area contributed by atoms with Crippen LogP contribution in [0.15, 0.2) is 31.7 Å². The van der Waals surface area contributed by atoms with Crippen molar-refractivity contribution >= 4 is 70.2 Å². The Balaban J connectivity index is 1.89. The largest absolute Gasteiger partial charge is 0.507 e. The Morgan fingerprint density at radius 3 is 1.02 bits per heavy atom. The topological polar surface area (TPSA) is 149 Å². The normalized spacial score (nSPS) is 12.3. The first-order valence-corrected chi connectivity index (χ1v) is 14.5. The van der Waals surface area contributed by atoms with Crippen molar-refractivity contribution in [1.29, 1.82) is 0 Å². The molecule has 0 aliphatic heterocycles. The van der Waals surface area contributed by atoms with Crippen molar-refractivity contribution in [2.75, 3.05) is 0 Å². The van der Waals surface area contributed by atoms with Crippen LogP contribution in [0.1, 0.15) is 52.6 Å². The number of carbonyl (C=O) groups excluding carboxylic acids is 2. The fraction of sp³-hybridized carbons (Fsp3) is 0. The molecule has 0 saturated heterocycles. The molecular weight excluding hydrogens is 751 g/mol. The highest BCUT2D eigenvalue weighted by Crippen LogP contribution is 2.54. The number of carboxylic acids is 2. The van der Waals surface area contributed by atoms with Gasteiger partial charge in [-0.15, -0.1) is 0 Å². The molecule has 0 radical (unpaired) electrons. The van der Waals surface area contributed by atoms with Crippen LogP contribution in [0.25, 0.3) is 0 Å². The fourth-order valence-electron chi connectivity index (χ4n) is 4.53. The molecule has 0 heterocycles. The average Bonchev–Trinajstić information content (AvgIpc) is 3.01. The summed E-state index contributed by atoms with van der Waals surface area (Å²) < 4.78 is 119. The molecule has 0 atom stereocenters. The van der Waals surface area contributed by atoms with Gasteiger partial charge in [0.15, 0.2) is 58.1 Å². The molecule has 4 N–H and O–H groups in total. The van der Waals surface area contributed by atoms with E-state index in [0.29, 0.717) is 0 Å². The molecule has 4 aromatic carbocycles. The van der Waals surface area contributed by atoms with Crippen LogP contribution in [0.3, 0.4) is 0 Å². The number of halogens is 10. The van der Waals surface area contributed by atoms with Crippen LogP contribution in [0, 0.1) is 46.5 Å². The van der Waals surface area contributed by atoms with Gasteiger partial charge in [0.1, 0.15) is 22.6 Å². The number of phenols is 2. The van der Waals surface area contributed by atoms with Gasteiger partial charge in [0.05, 0.1) is 42.1 Å². The van der Waals surface area contributed by atoms with E-state index in [1.807, 2.05) is 0 Å². The van der Waals surface area contributed by atoms with Gasteiger partial charge in [-0.1, -0.05) is 46.7 Å². The standard InChI is InChI=1S/C28H6Cl2F8O8S2/c29-11-7-8(22(42)6-4(40)2-1-3(39)5(6)21(7)41)12(30)24(48-26-19(37)15(33)10(28(45)46)16(34)20(26)38)23(11)47-25-17(35)13(31)9(27(43)44)14(32)18(25)36/h1-2,39-40H,(H,43,44)(H,45,46). The molecule has 5 rings (SSSR count). The van der Waals surface area contributed by atoms with Gasteiger partial charge in [-0.25, -0.2) is 44.7 Å². The number of rotatable bonds is 6. The zero-order valence-electron chi connectivity index (χ0n) is 22.2. The predicted octanol–water partition coefficient (Wildman–Crippen LogP) is 7.99. The summed E-state index contributed by atoms with van der Waals surface area (Å²) in [5, 5.41) is 36.3. The first kappa shape index (κ1) is 34.8. The van der Waals surface area contributed by atoms with Gasteiger partial charge in [-0.2, -0.15) is 0 Å². The quantitative estimate of drug-likeness (QED) is 0.0763. The number of ketones is 2. The van der Waals surface area contributed by atoms with Crippen molar-refractivity contribution in [3.05, 3.63) is 102 Å². The highest BCUT2D eigenvalue weighted by Gasteiger charge is 2.42. The van der Waals surface area contributed by atoms with Crippen LogP contribution in [-0.2, 0) is 0 Å². The third-order valence-electron chi connectivity index (χ3n) is 6.65. The third-order valence-corrected chi connectivity index (χ3v) is 10.1. The van der Waals surface area contributed by atoms with Crippen LogP contribution < -0.4 is 0 Å². The molecule has 0 unspecified atom stereocenters. The van der Waals surface area contributed by atoms with Crippen molar-refractivity contribution < 1.29 is 74.7 Å². The first-order chi connectivity index (χ1) is 22.3. The van der Waals surface area contributed by atoms with E-state index in [1.165, 1.54) is 0 Å². The van der Waals surface area contributed by atoms with E-state index in [0.717, 1.165) is 12.1 Å². The summed E-state index contributed by atoms with van der Waals surface area (Å²) in [6.45, 7) is 0. The van der Waals surface area contributed by atoms with E-state index in [-0.39, 0.29) is 0 Å². The average molecular weight is 757 g/mol. The number of carbonyl (C=O) groups is 4. The van der Waals surface area contributed by atoms with E-state index >= 15 is 17.6 Å². The minimum Gasteiger partial charge on any atom is -0.507 e. The zero-order chi connectivity index (χ0) is 35.8. The molecule has 0 aromatic heterocycles. The molecule has 0 amide bonds. The van der Waals surface area contributed by atoms with Gasteiger partial charge in [-0.3, -0.25) is 9.59 Å². The third kappa shape index (κ3) is 5.01. The summed E-state index contributed by atoms with van der Waals surface area (Å²) >= 11 is 11.7. The van der Waals surface area contributed by atoms with E-state index in [9.17, 15) is 47.0 Å². The molecule has 20 heteroatoms. The van der Waals surface area contributed by atoms with Gasteiger partial charge in [-0.05, 0) is 12.1 Å². The van der Waals surface area contributed by atoms with Gasteiger partial charge in [0, 0.05) is 9.79 Å². The van der Waals surface area contributed by atoms with Crippen LogP contribution in [0.4, 0.5) is 35.1 Å². The SMILES string of the molecule is O=C(O)c1c(F)c(F)c(Sc2c(Cl)c3c(c(Cl)c2Sc2c(F)c(F)c(C(=O)O)c(F)c2F)C(=O)c2c(O)ccc(O)c2C3=O)c(F)c1F. The maximum Gasteiger partial charge on any atom is 0.341 e.